The number of nitrogens with one attached hydrogen (secondary N) is 1. The molecule has 2 saturated carbocycles. The molecule has 0 aromatic rings. The minimum Gasteiger partial charge on any atom is -0.313 e. The lowest BCUT2D eigenvalue weighted by Crippen LogP contribution is -2.36. The van der Waals surface area contributed by atoms with Gasteiger partial charge in [-0.25, -0.2) is 0 Å². The summed E-state index contributed by atoms with van der Waals surface area (Å²) in [5, 5.41) is 3.74. The second-order valence-electron chi connectivity index (χ2n) is 5.65. The lowest BCUT2D eigenvalue weighted by atomic mass is 9.87. The average Bonchev–Trinajstić information content (AvgIpc) is 2.84. The van der Waals surface area contributed by atoms with Crippen LogP contribution in [0.3, 0.4) is 0 Å². The minimum absolute atomic E-state index is 0.684. The molecule has 76 valence electrons. The van der Waals surface area contributed by atoms with Crippen molar-refractivity contribution < 1.29 is 0 Å². The second-order valence-corrected chi connectivity index (χ2v) is 5.65. The molecule has 0 aromatic carbocycles. The molecule has 1 N–H and O–H groups in total. The molecule has 0 spiro atoms. The zero-order chi connectivity index (χ0) is 9.31. The van der Waals surface area contributed by atoms with Crippen LogP contribution in [0, 0.1) is 11.3 Å². The van der Waals surface area contributed by atoms with Crippen LogP contribution in [0.25, 0.3) is 0 Å². The summed E-state index contributed by atoms with van der Waals surface area (Å²) < 4.78 is 0. The Labute approximate surface area is 82.3 Å². The third-order valence-electron chi connectivity index (χ3n) is 3.94. The zero-order valence-electron chi connectivity index (χ0n) is 9.10. The van der Waals surface area contributed by atoms with E-state index < -0.39 is 0 Å². The molecule has 1 heteroatoms. The van der Waals surface area contributed by atoms with E-state index in [0.717, 1.165) is 12.0 Å². The molecule has 2 rings (SSSR count). The molecule has 0 bridgehead atoms. The second kappa shape index (κ2) is 3.61. The monoisotopic (exact) mass is 181 g/mol. The van der Waals surface area contributed by atoms with Crippen molar-refractivity contribution in [3.05, 3.63) is 0 Å². The molecule has 0 aliphatic heterocycles. The fraction of sp³-hybridized carbons (Fsp3) is 1.00. The molecule has 1 nitrogen and oxygen atoms in total. The molecule has 2 fully saturated rings. The van der Waals surface area contributed by atoms with Crippen LogP contribution in [0.4, 0.5) is 0 Å². The van der Waals surface area contributed by atoms with Gasteiger partial charge in [0.05, 0.1) is 0 Å². The van der Waals surface area contributed by atoms with Gasteiger partial charge in [-0.15, -0.1) is 0 Å². The van der Waals surface area contributed by atoms with E-state index in [9.17, 15) is 0 Å². The molecule has 0 unspecified atom stereocenters. The molecule has 0 radical (unpaired) electrons. The van der Waals surface area contributed by atoms with Crippen molar-refractivity contribution in [3.63, 3.8) is 0 Å². The first-order chi connectivity index (χ1) is 6.18. The molecule has 0 heterocycles. The van der Waals surface area contributed by atoms with Gasteiger partial charge in [0.1, 0.15) is 0 Å². The van der Waals surface area contributed by atoms with Crippen LogP contribution < -0.4 is 5.32 Å². The fourth-order valence-electron chi connectivity index (χ4n) is 2.25. The predicted octanol–water partition coefficient (Wildman–Crippen LogP) is 2.95. The van der Waals surface area contributed by atoms with Crippen LogP contribution in [-0.2, 0) is 0 Å². The van der Waals surface area contributed by atoms with Crippen molar-refractivity contribution in [2.45, 2.75) is 58.4 Å². The van der Waals surface area contributed by atoms with Gasteiger partial charge in [0, 0.05) is 12.6 Å². The molecule has 0 aromatic heterocycles. The maximum atomic E-state index is 3.74. The van der Waals surface area contributed by atoms with Gasteiger partial charge in [-0.3, -0.25) is 0 Å². The predicted molar refractivity (Wildman–Crippen MR) is 56.8 cm³/mol. The standard InChI is InChI=1S/C12H23N/c1-10-3-5-11(6-4-10)13-9-12(2)7-8-12/h10-11,13H,3-9H2,1-2H3. The van der Waals surface area contributed by atoms with Crippen LogP contribution >= 0.6 is 0 Å². The van der Waals surface area contributed by atoms with Crippen molar-refractivity contribution in [2.24, 2.45) is 11.3 Å². The first-order valence-electron chi connectivity index (χ1n) is 5.91. The van der Waals surface area contributed by atoms with Gasteiger partial charge >= 0.3 is 0 Å². The van der Waals surface area contributed by atoms with Gasteiger partial charge in [-0.1, -0.05) is 13.8 Å². The molecule has 0 amide bonds. The topological polar surface area (TPSA) is 12.0 Å². The highest BCUT2D eigenvalue weighted by Gasteiger charge is 2.37. The van der Waals surface area contributed by atoms with E-state index in [2.05, 4.69) is 19.2 Å². The van der Waals surface area contributed by atoms with Gasteiger partial charge in [0.25, 0.3) is 0 Å². The molecule has 2 aliphatic rings. The van der Waals surface area contributed by atoms with Crippen LogP contribution in [0.2, 0.25) is 0 Å². The highest BCUT2D eigenvalue weighted by atomic mass is 14.9. The van der Waals surface area contributed by atoms with Gasteiger partial charge in [-0.2, -0.15) is 0 Å². The first-order valence-corrected chi connectivity index (χ1v) is 5.91. The maximum Gasteiger partial charge on any atom is 0.00674 e. The Morgan fingerprint density at radius 3 is 2.31 bits per heavy atom. The maximum absolute atomic E-state index is 3.74. The van der Waals surface area contributed by atoms with Crippen molar-refractivity contribution >= 4 is 0 Å². The van der Waals surface area contributed by atoms with Gasteiger partial charge in [-0.05, 0) is 49.9 Å². The number of rotatable bonds is 3. The minimum atomic E-state index is 0.684. The van der Waals surface area contributed by atoms with E-state index in [0.29, 0.717) is 5.41 Å². The molecule has 13 heavy (non-hydrogen) atoms. The highest BCUT2D eigenvalue weighted by molar-refractivity contribution is 4.91. The van der Waals surface area contributed by atoms with E-state index in [4.69, 9.17) is 0 Å². The number of hydrogen-bond donors (Lipinski definition) is 1. The van der Waals surface area contributed by atoms with E-state index >= 15 is 0 Å². The molecule has 0 atom stereocenters. The summed E-state index contributed by atoms with van der Waals surface area (Å²) in [5.74, 6) is 0.981. The Morgan fingerprint density at radius 2 is 1.77 bits per heavy atom. The fourth-order valence-corrected chi connectivity index (χ4v) is 2.25. The highest BCUT2D eigenvalue weighted by Crippen LogP contribution is 2.44. The van der Waals surface area contributed by atoms with E-state index in [-0.39, 0.29) is 0 Å². The Morgan fingerprint density at radius 1 is 1.15 bits per heavy atom. The lowest BCUT2D eigenvalue weighted by molar-refractivity contribution is 0.294. The number of hydrogen-bond acceptors (Lipinski definition) is 1. The van der Waals surface area contributed by atoms with Crippen LogP contribution in [0.5, 0.6) is 0 Å². The Kier molecular flexibility index (Phi) is 2.64. The Balaban J connectivity index is 1.65. The summed E-state index contributed by atoms with van der Waals surface area (Å²) in [4.78, 5) is 0. The smallest absolute Gasteiger partial charge is 0.00674 e. The summed E-state index contributed by atoms with van der Waals surface area (Å²) in [6.07, 6.45) is 8.60. The van der Waals surface area contributed by atoms with E-state index in [1.165, 1.54) is 45.1 Å². The van der Waals surface area contributed by atoms with Crippen molar-refractivity contribution in [1.82, 2.24) is 5.32 Å². The van der Waals surface area contributed by atoms with Crippen LogP contribution in [-0.4, -0.2) is 12.6 Å². The van der Waals surface area contributed by atoms with Gasteiger partial charge < -0.3 is 5.32 Å². The Bertz CT molecular complexity index is 164. The van der Waals surface area contributed by atoms with Crippen LogP contribution in [0.1, 0.15) is 52.4 Å². The van der Waals surface area contributed by atoms with Crippen molar-refractivity contribution in [1.29, 1.82) is 0 Å². The van der Waals surface area contributed by atoms with E-state index in [1.807, 2.05) is 0 Å². The summed E-state index contributed by atoms with van der Waals surface area (Å²) in [6.45, 7) is 6.07. The summed E-state index contributed by atoms with van der Waals surface area (Å²) in [6, 6.07) is 0.841. The van der Waals surface area contributed by atoms with Gasteiger partial charge in [0.2, 0.25) is 0 Å². The van der Waals surface area contributed by atoms with Crippen molar-refractivity contribution in [3.8, 4) is 0 Å². The molecule has 0 saturated heterocycles. The van der Waals surface area contributed by atoms with Crippen LogP contribution in [0.15, 0.2) is 0 Å². The summed E-state index contributed by atoms with van der Waals surface area (Å²) in [5.41, 5.74) is 0.684. The average molecular weight is 181 g/mol. The molecule has 2 aliphatic carbocycles. The molecular formula is C12H23N. The normalized spacial score (nSPS) is 37.4. The summed E-state index contributed by atoms with van der Waals surface area (Å²) >= 11 is 0. The first kappa shape index (κ1) is 9.51. The zero-order valence-corrected chi connectivity index (χ0v) is 9.10. The Hall–Kier alpha value is -0.0400. The van der Waals surface area contributed by atoms with Gasteiger partial charge in [0.15, 0.2) is 0 Å². The third kappa shape index (κ3) is 2.70. The quantitative estimate of drug-likeness (QED) is 0.706. The lowest BCUT2D eigenvalue weighted by Gasteiger charge is -2.28. The third-order valence-corrected chi connectivity index (χ3v) is 3.94. The summed E-state index contributed by atoms with van der Waals surface area (Å²) in [7, 11) is 0. The van der Waals surface area contributed by atoms with E-state index in [1.54, 1.807) is 0 Å². The molecular weight excluding hydrogens is 158 g/mol. The van der Waals surface area contributed by atoms with Crippen molar-refractivity contribution in [2.75, 3.05) is 6.54 Å². The largest absolute Gasteiger partial charge is 0.313 e. The SMILES string of the molecule is CC1CCC(NCC2(C)CC2)CC1.